The van der Waals surface area contributed by atoms with E-state index in [1.54, 1.807) is 7.11 Å². The number of nitrogens with one attached hydrogen (secondary N) is 1. The van der Waals surface area contributed by atoms with Gasteiger partial charge in [-0.3, -0.25) is 0 Å². The number of benzene rings is 1. The highest BCUT2D eigenvalue weighted by Crippen LogP contribution is 2.20. The van der Waals surface area contributed by atoms with E-state index in [9.17, 15) is 0 Å². The molecule has 0 saturated carbocycles. The van der Waals surface area contributed by atoms with Crippen LogP contribution in [0.25, 0.3) is 0 Å². The molecule has 1 atom stereocenters. The molecule has 0 radical (unpaired) electrons. The predicted molar refractivity (Wildman–Crippen MR) is 60.1 cm³/mol. The van der Waals surface area contributed by atoms with E-state index in [-0.39, 0.29) is 0 Å². The first-order valence-electron chi connectivity index (χ1n) is 4.69. The lowest BCUT2D eigenvalue weighted by molar-refractivity contribution is 0.414. The van der Waals surface area contributed by atoms with Crippen molar-refractivity contribution in [3.05, 3.63) is 29.8 Å². The van der Waals surface area contributed by atoms with E-state index in [0.29, 0.717) is 11.9 Å². The predicted octanol–water partition coefficient (Wildman–Crippen LogP) is 2.58. The second-order valence-corrected chi connectivity index (χ2v) is 3.47. The molecule has 0 aliphatic heterocycles. The number of methoxy groups -OCH3 is 1. The van der Waals surface area contributed by atoms with Crippen molar-refractivity contribution in [3.63, 3.8) is 0 Å². The Bertz CT molecular complexity index is 260. The smallest absolute Gasteiger partial charge is 0.118 e. The summed E-state index contributed by atoms with van der Waals surface area (Å²) < 4.78 is 5.10. The summed E-state index contributed by atoms with van der Waals surface area (Å²) in [5, 5.41) is 3.23. The average Bonchev–Trinajstić information content (AvgIpc) is 2.26. The van der Waals surface area contributed by atoms with Gasteiger partial charge in [0.25, 0.3) is 0 Å². The van der Waals surface area contributed by atoms with Gasteiger partial charge in [0.2, 0.25) is 0 Å². The van der Waals surface area contributed by atoms with Gasteiger partial charge in [0.1, 0.15) is 5.75 Å². The van der Waals surface area contributed by atoms with E-state index in [1.165, 1.54) is 5.56 Å². The number of alkyl halides is 1. The van der Waals surface area contributed by atoms with Gasteiger partial charge in [0.05, 0.1) is 7.11 Å². The van der Waals surface area contributed by atoms with Crippen molar-refractivity contribution < 1.29 is 4.74 Å². The summed E-state index contributed by atoms with van der Waals surface area (Å²) in [5.74, 6) is 1.55. The second-order valence-electron chi connectivity index (χ2n) is 3.09. The Labute approximate surface area is 90.2 Å². The van der Waals surface area contributed by atoms with Gasteiger partial charge in [-0.25, -0.2) is 0 Å². The van der Waals surface area contributed by atoms with Crippen LogP contribution in [0.2, 0.25) is 0 Å². The van der Waals surface area contributed by atoms with E-state index >= 15 is 0 Å². The molecule has 1 aromatic carbocycles. The molecule has 1 unspecified atom stereocenters. The van der Waals surface area contributed by atoms with E-state index < -0.39 is 0 Å². The summed E-state index contributed by atoms with van der Waals surface area (Å²) in [4.78, 5) is 0. The van der Waals surface area contributed by atoms with Crippen LogP contribution in [-0.4, -0.2) is 20.0 Å². The molecule has 0 aliphatic carbocycles. The van der Waals surface area contributed by atoms with E-state index in [2.05, 4.69) is 17.4 Å². The zero-order valence-electron chi connectivity index (χ0n) is 8.59. The topological polar surface area (TPSA) is 21.3 Å². The molecule has 0 aromatic heterocycles. The van der Waals surface area contributed by atoms with Gasteiger partial charge >= 0.3 is 0 Å². The molecule has 1 aromatic rings. The maximum atomic E-state index is 5.72. The molecule has 0 spiro atoms. The number of hydrogen-bond donors (Lipinski definition) is 1. The van der Waals surface area contributed by atoms with Gasteiger partial charge in [-0.15, -0.1) is 11.6 Å². The number of hydrogen-bond acceptors (Lipinski definition) is 2. The maximum absolute atomic E-state index is 5.72. The SMILES string of the molecule is CNC(CCCl)c1ccc(OC)cc1. The maximum Gasteiger partial charge on any atom is 0.118 e. The van der Waals surface area contributed by atoms with Gasteiger partial charge in [-0.2, -0.15) is 0 Å². The van der Waals surface area contributed by atoms with Crippen molar-refractivity contribution in [2.24, 2.45) is 0 Å². The molecule has 0 aliphatic rings. The zero-order chi connectivity index (χ0) is 10.4. The van der Waals surface area contributed by atoms with Crippen LogP contribution in [-0.2, 0) is 0 Å². The zero-order valence-corrected chi connectivity index (χ0v) is 9.34. The Morgan fingerprint density at radius 1 is 1.36 bits per heavy atom. The summed E-state index contributed by atoms with van der Waals surface area (Å²) >= 11 is 5.72. The largest absolute Gasteiger partial charge is 0.497 e. The summed E-state index contributed by atoms with van der Waals surface area (Å²) in [5.41, 5.74) is 1.24. The first-order valence-corrected chi connectivity index (χ1v) is 5.22. The van der Waals surface area contributed by atoms with Crippen LogP contribution in [0.4, 0.5) is 0 Å². The van der Waals surface area contributed by atoms with Crippen LogP contribution in [0.3, 0.4) is 0 Å². The molecule has 0 fully saturated rings. The monoisotopic (exact) mass is 213 g/mol. The Morgan fingerprint density at radius 2 is 2.00 bits per heavy atom. The van der Waals surface area contributed by atoms with Crippen LogP contribution in [0, 0.1) is 0 Å². The van der Waals surface area contributed by atoms with Crippen LogP contribution in [0.1, 0.15) is 18.0 Å². The van der Waals surface area contributed by atoms with Gasteiger partial charge < -0.3 is 10.1 Å². The van der Waals surface area contributed by atoms with Crippen LogP contribution in [0.15, 0.2) is 24.3 Å². The summed E-state index contributed by atoms with van der Waals surface area (Å²) in [7, 11) is 3.62. The van der Waals surface area contributed by atoms with Gasteiger partial charge in [0, 0.05) is 11.9 Å². The third-order valence-electron chi connectivity index (χ3n) is 2.26. The number of rotatable bonds is 5. The van der Waals surface area contributed by atoms with Crippen molar-refractivity contribution in [3.8, 4) is 5.75 Å². The third kappa shape index (κ3) is 2.89. The Hall–Kier alpha value is -0.730. The van der Waals surface area contributed by atoms with Crippen molar-refractivity contribution in [2.75, 3.05) is 20.0 Å². The van der Waals surface area contributed by atoms with Crippen LogP contribution < -0.4 is 10.1 Å². The molecule has 1 rings (SSSR count). The van der Waals surface area contributed by atoms with Gasteiger partial charge in [0.15, 0.2) is 0 Å². The highest BCUT2D eigenvalue weighted by Gasteiger charge is 2.07. The van der Waals surface area contributed by atoms with E-state index in [1.807, 2.05) is 19.2 Å². The standard InChI is InChI=1S/C11H16ClNO/c1-13-11(7-8-12)9-3-5-10(14-2)6-4-9/h3-6,11,13H,7-8H2,1-2H3. The van der Waals surface area contributed by atoms with Crippen molar-refractivity contribution >= 4 is 11.6 Å². The molecule has 78 valence electrons. The molecular weight excluding hydrogens is 198 g/mol. The molecule has 1 N–H and O–H groups in total. The van der Waals surface area contributed by atoms with Crippen LogP contribution >= 0.6 is 11.6 Å². The Morgan fingerprint density at radius 3 is 2.43 bits per heavy atom. The number of ether oxygens (including phenoxy) is 1. The Kier molecular flexibility index (Phi) is 4.77. The Balaban J connectivity index is 2.73. The van der Waals surface area contributed by atoms with Crippen molar-refractivity contribution in [2.45, 2.75) is 12.5 Å². The number of halogens is 1. The lowest BCUT2D eigenvalue weighted by Crippen LogP contribution is -2.16. The minimum absolute atomic E-state index is 0.332. The van der Waals surface area contributed by atoms with Crippen molar-refractivity contribution in [1.82, 2.24) is 5.32 Å². The van der Waals surface area contributed by atoms with E-state index in [4.69, 9.17) is 16.3 Å². The quantitative estimate of drug-likeness (QED) is 0.760. The molecule has 2 nitrogen and oxygen atoms in total. The molecule has 0 bridgehead atoms. The molecular formula is C11H16ClNO. The molecule has 3 heteroatoms. The molecule has 0 amide bonds. The fourth-order valence-corrected chi connectivity index (χ4v) is 1.64. The lowest BCUT2D eigenvalue weighted by Gasteiger charge is -2.15. The molecule has 14 heavy (non-hydrogen) atoms. The second kappa shape index (κ2) is 5.89. The highest BCUT2D eigenvalue weighted by atomic mass is 35.5. The lowest BCUT2D eigenvalue weighted by atomic mass is 10.0. The van der Waals surface area contributed by atoms with Gasteiger partial charge in [-0.05, 0) is 31.2 Å². The first-order chi connectivity index (χ1) is 6.81. The fraction of sp³-hybridized carbons (Fsp3) is 0.455. The van der Waals surface area contributed by atoms with Crippen LogP contribution in [0.5, 0.6) is 5.75 Å². The van der Waals surface area contributed by atoms with Gasteiger partial charge in [-0.1, -0.05) is 12.1 Å². The van der Waals surface area contributed by atoms with Crippen molar-refractivity contribution in [1.29, 1.82) is 0 Å². The van der Waals surface area contributed by atoms with E-state index in [0.717, 1.165) is 12.2 Å². The third-order valence-corrected chi connectivity index (χ3v) is 2.48. The summed E-state index contributed by atoms with van der Waals surface area (Å²) in [6.07, 6.45) is 0.935. The average molecular weight is 214 g/mol. The highest BCUT2D eigenvalue weighted by molar-refractivity contribution is 6.17. The summed E-state index contributed by atoms with van der Waals surface area (Å²) in [6, 6.07) is 8.39. The summed E-state index contributed by atoms with van der Waals surface area (Å²) in [6.45, 7) is 0. The first kappa shape index (κ1) is 11.3. The minimum atomic E-state index is 0.332. The molecule has 0 heterocycles. The normalized spacial score (nSPS) is 12.5. The fourth-order valence-electron chi connectivity index (χ4n) is 1.42. The minimum Gasteiger partial charge on any atom is -0.497 e. The molecule has 0 saturated heterocycles.